The van der Waals surface area contributed by atoms with Gasteiger partial charge in [0.2, 0.25) is 0 Å². The Hall–Kier alpha value is -1.82. The largest absolute Gasteiger partial charge is 0.497 e. The standard InChI is InChI=1S/C22H26N2O3.2ClH/c1-4-15-13-24-10-8-16(15)11-21(24)22(27-14(2)25)18-7-9-23-20-6-5-17(26-3)12-19(18)20;;/h4-7,9,12,15-16,21-22H,1,8,10-11,13H2,2-3H3;2*1H/t15-,16-,21+,22-;;/m0../s1. The number of ether oxygens (including phenoxy) is 2. The third kappa shape index (κ3) is 4.52. The molecule has 5 nitrogen and oxygen atoms in total. The van der Waals surface area contributed by atoms with Crippen molar-refractivity contribution in [3.05, 3.63) is 48.7 Å². The predicted octanol–water partition coefficient (Wildman–Crippen LogP) is 4.59. The molecule has 0 amide bonds. The number of nitrogens with zero attached hydrogens (tertiary/aromatic N) is 2. The molecule has 5 rings (SSSR count). The van der Waals surface area contributed by atoms with Crippen LogP contribution in [-0.2, 0) is 9.53 Å². The Morgan fingerprint density at radius 1 is 1.34 bits per heavy atom. The highest BCUT2D eigenvalue weighted by Gasteiger charge is 2.44. The zero-order valence-electron chi connectivity index (χ0n) is 16.7. The van der Waals surface area contributed by atoms with Crippen molar-refractivity contribution in [1.82, 2.24) is 9.88 Å². The van der Waals surface area contributed by atoms with E-state index in [0.29, 0.717) is 11.8 Å². The normalized spacial score (nSPS) is 26.0. The van der Waals surface area contributed by atoms with Crippen LogP contribution in [0.2, 0.25) is 0 Å². The number of esters is 1. The van der Waals surface area contributed by atoms with Gasteiger partial charge in [-0.05, 0) is 55.5 Å². The first-order chi connectivity index (χ1) is 13.1. The Morgan fingerprint density at radius 2 is 2.14 bits per heavy atom. The summed E-state index contributed by atoms with van der Waals surface area (Å²) < 4.78 is 11.3. The van der Waals surface area contributed by atoms with Gasteiger partial charge in [0.15, 0.2) is 0 Å². The van der Waals surface area contributed by atoms with Crippen molar-refractivity contribution in [2.75, 3.05) is 20.2 Å². The summed E-state index contributed by atoms with van der Waals surface area (Å²) in [5.41, 5.74) is 1.88. The molecule has 3 aliphatic heterocycles. The molecule has 1 unspecified atom stereocenters. The highest BCUT2D eigenvalue weighted by molar-refractivity contribution is 5.86. The van der Waals surface area contributed by atoms with E-state index >= 15 is 0 Å². The van der Waals surface area contributed by atoms with Crippen LogP contribution < -0.4 is 4.74 Å². The van der Waals surface area contributed by atoms with Crippen LogP contribution in [0.3, 0.4) is 0 Å². The van der Waals surface area contributed by atoms with Crippen molar-refractivity contribution in [3.8, 4) is 5.75 Å². The second-order valence-corrected chi connectivity index (χ2v) is 7.56. The maximum Gasteiger partial charge on any atom is 0.303 e. The molecule has 7 heteroatoms. The van der Waals surface area contributed by atoms with Gasteiger partial charge in [0.1, 0.15) is 11.9 Å². The molecule has 0 aliphatic carbocycles. The van der Waals surface area contributed by atoms with Gasteiger partial charge in [-0.2, -0.15) is 0 Å². The van der Waals surface area contributed by atoms with Crippen LogP contribution in [0.4, 0.5) is 0 Å². The van der Waals surface area contributed by atoms with Gasteiger partial charge in [-0.3, -0.25) is 14.7 Å². The van der Waals surface area contributed by atoms with Gasteiger partial charge >= 0.3 is 5.97 Å². The molecule has 29 heavy (non-hydrogen) atoms. The van der Waals surface area contributed by atoms with Crippen molar-refractivity contribution in [2.24, 2.45) is 11.8 Å². The van der Waals surface area contributed by atoms with Crippen LogP contribution >= 0.6 is 24.8 Å². The van der Waals surface area contributed by atoms with Gasteiger partial charge in [-0.1, -0.05) is 6.08 Å². The number of rotatable bonds is 5. The minimum atomic E-state index is -0.311. The molecule has 0 saturated carbocycles. The first-order valence-electron chi connectivity index (χ1n) is 9.57. The fourth-order valence-corrected chi connectivity index (χ4v) is 4.74. The molecule has 3 saturated heterocycles. The van der Waals surface area contributed by atoms with E-state index in [-0.39, 0.29) is 42.9 Å². The molecule has 0 radical (unpaired) electrons. The number of fused-ring (bicyclic) bond motifs is 4. The van der Waals surface area contributed by atoms with E-state index in [1.165, 1.54) is 13.3 Å². The Labute approximate surface area is 184 Å². The first kappa shape index (κ1) is 23.5. The van der Waals surface area contributed by atoms with Crippen LogP contribution in [0.15, 0.2) is 43.1 Å². The Morgan fingerprint density at radius 3 is 2.76 bits per heavy atom. The van der Waals surface area contributed by atoms with Crippen molar-refractivity contribution in [2.45, 2.75) is 31.9 Å². The lowest BCUT2D eigenvalue weighted by Crippen LogP contribution is -2.55. The zero-order chi connectivity index (χ0) is 19.0. The number of halogens is 2. The van der Waals surface area contributed by atoms with Crippen molar-refractivity contribution < 1.29 is 14.3 Å². The van der Waals surface area contributed by atoms with E-state index in [2.05, 4.69) is 22.5 Å². The fraction of sp³-hybridized carbons (Fsp3) is 0.455. The lowest BCUT2D eigenvalue weighted by atomic mass is 9.73. The number of hydrogen-bond acceptors (Lipinski definition) is 5. The minimum absolute atomic E-state index is 0. The molecule has 4 heterocycles. The third-order valence-electron chi connectivity index (χ3n) is 6.09. The van der Waals surface area contributed by atoms with Crippen LogP contribution in [-0.4, -0.2) is 42.1 Å². The minimum Gasteiger partial charge on any atom is -0.497 e. The molecule has 0 spiro atoms. The average molecular weight is 439 g/mol. The topological polar surface area (TPSA) is 51.7 Å². The van der Waals surface area contributed by atoms with Gasteiger partial charge in [0.05, 0.1) is 18.7 Å². The average Bonchev–Trinajstić information content (AvgIpc) is 2.71. The van der Waals surface area contributed by atoms with Gasteiger partial charge in [0.25, 0.3) is 0 Å². The van der Waals surface area contributed by atoms with Gasteiger partial charge in [0, 0.05) is 30.6 Å². The summed E-state index contributed by atoms with van der Waals surface area (Å²) >= 11 is 0. The predicted molar refractivity (Wildman–Crippen MR) is 119 cm³/mol. The number of piperidine rings is 3. The molecular weight excluding hydrogens is 411 g/mol. The van der Waals surface area contributed by atoms with Gasteiger partial charge in [-0.15, -0.1) is 31.4 Å². The summed E-state index contributed by atoms with van der Waals surface area (Å²) in [6.45, 7) is 7.53. The Balaban J connectivity index is 0.00000150. The smallest absolute Gasteiger partial charge is 0.303 e. The van der Waals surface area contributed by atoms with E-state index in [1.54, 1.807) is 13.3 Å². The quantitative estimate of drug-likeness (QED) is 0.504. The molecule has 3 fully saturated rings. The SMILES string of the molecule is C=C[C@H]1CN2CC[C@H]1C[C@@H]2[C@@H](OC(C)=O)c1ccnc2ccc(OC)cc12.Cl.Cl. The lowest BCUT2D eigenvalue weighted by Gasteiger charge is -2.51. The first-order valence-corrected chi connectivity index (χ1v) is 9.57. The molecule has 1 aromatic carbocycles. The Bertz CT molecular complexity index is 876. The van der Waals surface area contributed by atoms with E-state index < -0.39 is 0 Å². The highest BCUT2D eigenvalue weighted by atomic mass is 35.5. The molecule has 0 N–H and O–H groups in total. The highest BCUT2D eigenvalue weighted by Crippen LogP contribution is 2.43. The number of carbonyl (C=O) groups excluding carboxylic acids is 1. The molecule has 1 aromatic heterocycles. The number of methoxy groups -OCH3 is 1. The van der Waals surface area contributed by atoms with Crippen molar-refractivity contribution >= 4 is 41.7 Å². The second-order valence-electron chi connectivity index (χ2n) is 7.56. The monoisotopic (exact) mass is 438 g/mol. The number of benzene rings is 1. The van der Waals surface area contributed by atoms with Gasteiger partial charge in [-0.25, -0.2) is 0 Å². The lowest BCUT2D eigenvalue weighted by molar-refractivity contribution is -0.154. The molecule has 5 atom stereocenters. The summed E-state index contributed by atoms with van der Waals surface area (Å²) in [6, 6.07) is 7.99. The van der Waals surface area contributed by atoms with Crippen molar-refractivity contribution in [1.29, 1.82) is 0 Å². The number of pyridine rings is 1. The van der Waals surface area contributed by atoms with E-state index in [1.807, 2.05) is 24.3 Å². The van der Waals surface area contributed by atoms with E-state index in [4.69, 9.17) is 9.47 Å². The van der Waals surface area contributed by atoms with Crippen LogP contribution in [0.1, 0.15) is 31.4 Å². The van der Waals surface area contributed by atoms with Gasteiger partial charge < -0.3 is 9.47 Å². The van der Waals surface area contributed by atoms with Crippen LogP contribution in [0, 0.1) is 11.8 Å². The molecule has 3 aliphatic rings. The second kappa shape index (κ2) is 9.79. The number of aromatic nitrogens is 1. The van der Waals surface area contributed by atoms with E-state index in [0.717, 1.165) is 41.7 Å². The van der Waals surface area contributed by atoms with Crippen LogP contribution in [0.5, 0.6) is 5.75 Å². The molecule has 2 aromatic rings. The van der Waals surface area contributed by atoms with Crippen molar-refractivity contribution in [3.63, 3.8) is 0 Å². The fourth-order valence-electron chi connectivity index (χ4n) is 4.74. The number of carbonyl (C=O) groups is 1. The summed E-state index contributed by atoms with van der Waals surface area (Å²) in [7, 11) is 1.65. The maximum absolute atomic E-state index is 12.0. The molecule has 158 valence electrons. The number of hydrogen-bond donors (Lipinski definition) is 0. The summed E-state index contributed by atoms with van der Waals surface area (Å²) in [5.74, 6) is 1.66. The summed E-state index contributed by atoms with van der Waals surface area (Å²) in [4.78, 5) is 18.9. The third-order valence-corrected chi connectivity index (χ3v) is 6.09. The maximum atomic E-state index is 12.0. The van der Waals surface area contributed by atoms with E-state index in [9.17, 15) is 4.79 Å². The molecular formula is C22H28Cl2N2O3. The summed E-state index contributed by atoms with van der Waals surface area (Å²) in [6.07, 6.45) is 5.77. The molecule has 2 bridgehead atoms. The summed E-state index contributed by atoms with van der Waals surface area (Å²) in [5, 5.41) is 0.978. The zero-order valence-corrected chi connectivity index (χ0v) is 18.4. The van der Waals surface area contributed by atoms with Crippen LogP contribution in [0.25, 0.3) is 10.9 Å². The Kier molecular flexibility index (Phi) is 7.92.